The molecule has 11 heteroatoms. The number of nitrogens with zero attached hydrogens (tertiary/aromatic N) is 2. The number of para-hydroxylation sites is 1. The lowest BCUT2D eigenvalue weighted by Crippen LogP contribution is -2.55. The average molecular weight is 676 g/mol. The average Bonchev–Trinajstić information content (AvgIpc) is 3.46. The number of nitrogens with one attached hydrogen (secondary N) is 1. The molecule has 4 aliphatic rings. The number of aliphatic hydroxyl groups excluding tert-OH is 1. The van der Waals surface area contributed by atoms with Crippen molar-refractivity contribution in [3.63, 3.8) is 0 Å². The molecule has 4 aliphatic heterocycles. The number of unbranched alkanes of at least 4 members (excludes halogenated alkanes) is 3. The van der Waals surface area contributed by atoms with Gasteiger partial charge in [0.05, 0.1) is 34.7 Å². The molecule has 0 aromatic heterocycles. The maximum atomic E-state index is 14.8. The minimum atomic E-state index is -1.42. The highest BCUT2D eigenvalue weighted by Gasteiger charge is 2.71. The van der Waals surface area contributed by atoms with Crippen LogP contribution in [0.3, 0.4) is 0 Å². The molecule has 6 rings (SSSR count). The molecule has 2 aromatic carbocycles. The van der Waals surface area contributed by atoms with Gasteiger partial charge in [0.1, 0.15) is 18.2 Å². The Morgan fingerprint density at radius 3 is 2.54 bits per heavy atom. The third-order valence-corrected chi connectivity index (χ3v) is 10.1. The van der Waals surface area contributed by atoms with Gasteiger partial charge >= 0.3 is 5.97 Å². The number of cyclic esters (lactones) is 1. The summed E-state index contributed by atoms with van der Waals surface area (Å²) >= 11 is 6.67. The van der Waals surface area contributed by atoms with Crippen molar-refractivity contribution in [2.75, 3.05) is 31.2 Å². The van der Waals surface area contributed by atoms with Crippen molar-refractivity contribution in [3.05, 3.63) is 89.0 Å². The smallest absolute Gasteiger partial charge is 0.306 e. The Morgan fingerprint density at radius 2 is 1.77 bits per heavy atom. The van der Waals surface area contributed by atoms with E-state index in [1.54, 1.807) is 28.0 Å². The van der Waals surface area contributed by atoms with E-state index in [4.69, 9.17) is 21.1 Å². The zero-order valence-corrected chi connectivity index (χ0v) is 27.8. The van der Waals surface area contributed by atoms with Gasteiger partial charge < -0.3 is 29.7 Å². The fraction of sp³-hybridized carbons (Fsp3) is 0.459. The summed E-state index contributed by atoms with van der Waals surface area (Å²) in [6.07, 6.45) is 9.68. The summed E-state index contributed by atoms with van der Waals surface area (Å²) in [5.41, 5.74) is 0.722. The lowest BCUT2D eigenvalue weighted by Gasteiger charge is -2.36. The van der Waals surface area contributed by atoms with Crippen molar-refractivity contribution in [1.82, 2.24) is 10.2 Å². The van der Waals surface area contributed by atoms with Gasteiger partial charge in [-0.05, 0) is 43.4 Å². The second-order valence-electron chi connectivity index (χ2n) is 12.9. The Hall–Kier alpha value is -3.99. The first kappa shape index (κ1) is 33.9. The Bertz CT molecular complexity index is 1580. The third-order valence-electron chi connectivity index (χ3n) is 9.83. The van der Waals surface area contributed by atoms with Crippen molar-refractivity contribution in [3.8, 4) is 0 Å². The Labute approximate surface area is 285 Å². The molecule has 2 fully saturated rings. The molecule has 3 amide bonds. The van der Waals surface area contributed by atoms with Crippen molar-refractivity contribution >= 4 is 41.0 Å². The van der Waals surface area contributed by atoms with Gasteiger partial charge in [-0.15, -0.1) is 0 Å². The lowest BCUT2D eigenvalue weighted by molar-refractivity contribution is -0.146. The maximum Gasteiger partial charge on any atom is 0.306 e. The highest BCUT2D eigenvalue weighted by molar-refractivity contribution is 6.34. The molecule has 0 aliphatic carbocycles. The summed E-state index contributed by atoms with van der Waals surface area (Å²) in [6.45, 7) is 2.42. The molecule has 10 nitrogen and oxygen atoms in total. The maximum absolute atomic E-state index is 14.8. The number of fused-ring (bicyclic) bond motifs is 2. The number of halogens is 1. The molecule has 6 atom stereocenters. The van der Waals surface area contributed by atoms with E-state index >= 15 is 0 Å². The van der Waals surface area contributed by atoms with Gasteiger partial charge in [-0.1, -0.05) is 91.2 Å². The van der Waals surface area contributed by atoms with Crippen LogP contribution < -0.4 is 10.2 Å². The van der Waals surface area contributed by atoms with Crippen LogP contribution in [0.25, 0.3) is 0 Å². The highest BCUT2D eigenvalue weighted by atomic mass is 35.5. The molecule has 254 valence electrons. The van der Waals surface area contributed by atoms with Gasteiger partial charge in [-0.3, -0.25) is 19.2 Å². The summed E-state index contributed by atoms with van der Waals surface area (Å²) in [7, 11) is 0. The van der Waals surface area contributed by atoms with Crippen LogP contribution in [0.15, 0.2) is 72.8 Å². The van der Waals surface area contributed by atoms with E-state index in [9.17, 15) is 24.3 Å². The van der Waals surface area contributed by atoms with Gasteiger partial charge in [0.15, 0.2) is 0 Å². The van der Waals surface area contributed by atoms with E-state index < -0.39 is 41.5 Å². The second kappa shape index (κ2) is 14.6. The van der Waals surface area contributed by atoms with Crippen LogP contribution in [0.5, 0.6) is 0 Å². The number of amides is 3. The van der Waals surface area contributed by atoms with Crippen LogP contribution in [0.4, 0.5) is 5.69 Å². The summed E-state index contributed by atoms with van der Waals surface area (Å²) in [4.78, 5) is 59.6. The first-order chi connectivity index (χ1) is 23.3. The first-order valence-corrected chi connectivity index (χ1v) is 17.2. The molecule has 4 heterocycles. The zero-order chi connectivity index (χ0) is 33.8. The van der Waals surface area contributed by atoms with Crippen molar-refractivity contribution in [2.45, 2.75) is 69.2 Å². The van der Waals surface area contributed by atoms with E-state index in [0.29, 0.717) is 36.5 Å². The monoisotopic (exact) mass is 675 g/mol. The zero-order valence-electron chi connectivity index (χ0n) is 27.1. The minimum Gasteiger partial charge on any atom is -0.463 e. The summed E-state index contributed by atoms with van der Waals surface area (Å²) in [5.74, 6) is -3.38. The molecular weight excluding hydrogens is 634 g/mol. The molecule has 2 saturated heterocycles. The molecular formula is C37H42ClN3O7. The number of carbonyl (C=O) groups is 4. The van der Waals surface area contributed by atoms with Gasteiger partial charge in [0, 0.05) is 26.1 Å². The Balaban J connectivity index is 1.41. The SMILES string of the molecule is Cc1cccc(Cl)c1N1CC=C[C@@]23O[C@H]4/C=C\CCC(=O)OC[C@H](c5ccccc5)NC(=O)[C@H]4[C@@H]2C(=O)N(CCCCCCO)[C@H]3C1=O. The Kier molecular flexibility index (Phi) is 10.3. The minimum absolute atomic E-state index is 0.0621. The number of hydrogen-bond acceptors (Lipinski definition) is 7. The molecule has 0 unspecified atom stereocenters. The molecule has 0 saturated carbocycles. The topological polar surface area (TPSA) is 125 Å². The number of rotatable bonds is 8. The second-order valence-corrected chi connectivity index (χ2v) is 13.3. The number of carbonyl (C=O) groups excluding carboxylic acids is 4. The largest absolute Gasteiger partial charge is 0.463 e. The van der Waals surface area contributed by atoms with Crippen molar-refractivity contribution < 1.29 is 33.8 Å². The van der Waals surface area contributed by atoms with Crippen molar-refractivity contribution in [2.24, 2.45) is 11.8 Å². The van der Waals surface area contributed by atoms with Crippen LogP contribution in [0.1, 0.15) is 55.7 Å². The van der Waals surface area contributed by atoms with Crippen LogP contribution in [-0.4, -0.2) is 77.7 Å². The molecule has 1 spiro atoms. The van der Waals surface area contributed by atoms with Crippen LogP contribution >= 0.6 is 11.6 Å². The predicted octanol–water partition coefficient (Wildman–Crippen LogP) is 4.44. The highest BCUT2D eigenvalue weighted by Crippen LogP contribution is 2.53. The number of aliphatic hydroxyl groups is 1. The van der Waals surface area contributed by atoms with E-state index in [1.165, 1.54) is 0 Å². The van der Waals surface area contributed by atoms with Gasteiger partial charge in [-0.25, -0.2) is 0 Å². The molecule has 2 N–H and O–H groups in total. The van der Waals surface area contributed by atoms with E-state index in [0.717, 1.165) is 24.0 Å². The van der Waals surface area contributed by atoms with Crippen molar-refractivity contribution in [1.29, 1.82) is 0 Å². The predicted molar refractivity (Wildman–Crippen MR) is 180 cm³/mol. The van der Waals surface area contributed by atoms with E-state index in [-0.39, 0.29) is 44.0 Å². The fourth-order valence-corrected chi connectivity index (χ4v) is 7.91. The number of anilines is 1. The number of hydrogen-bond donors (Lipinski definition) is 2. The number of benzene rings is 2. The standard InChI is InChI=1S/C37H42ClN3O7/c1-24-13-11-16-26(38)32(24)40-21-12-19-37-31(35(45)41(33(37)36(40)46)20-9-2-3-10-22-42)30-28(48-37)17-7-8-18-29(43)47-23-27(39-34(30)44)25-14-5-4-6-15-25/h4-7,11-17,19,27-28,30-31,33,42H,2-3,8-10,18,20-23H2,1H3,(H,39,44)/b17-7-/t27-,28+,30-,31-,33+,37-/m1/s1. The quantitative estimate of drug-likeness (QED) is 0.241. The normalized spacial score (nSPS) is 29.6. The number of ether oxygens (including phenoxy) is 2. The van der Waals surface area contributed by atoms with Crippen LogP contribution in [0.2, 0.25) is 5.02 Å². The number of allylic oxidation sites excluding steroid dienone is 1. The molecule has 2 aromatic rings. The summed E-state index contributed by atoms with van der Waals surface area (Å²) in [5, 5.41) is 12.8. The lowest BCUT2D eigenvalue weighted by atomic mass is 9.77. The fourth-order valence-electron chi connectivity index (χ4n) is 7.59. The molecule has 48 heavy (non-hydrogen) atoms. The third kappa shape index (κ3) is 6.41. The van der Waals surface area contributed by atoms with Gasteiger partial charge in [-0.2, -0.15) is 0 Å². The van der Waals surface area contributed by atoms with Crippen LogP contribution in [0, 0.1) is 18.8 Å². The molecule has 0 radical (unpaired) electrons. The van der Waals surface area contributed by atoms with Crippen LogP contribution in [-0.2, 0) is 28.7 Å². The summed E-state index contributed by atoms with van der Waals surface area (Å²) < 4.78 is 12.4. The van der Waals surface area contributed by atoms with E-state index in [1.807, 2.05) is 61.5 Å². The van der Waals surface area contributed by atoms with Gasteiger partial charge in [0.2, 0.25) is 11.8 Å². The number of aryl methyl sites for hydroxylation is 1. The Morgan fingerprint density at radius 1 is 0.979 bits per heavy atom. The number of esters is 1. The summed E-state index contributed by atoms with van der Waals surface area (Å²) in [6, 6.07) is 13.0. The number of likely N-dealkylation sites (tertiary alicyclic amines) is 1. The molecule has 0 bridgehead atoms. The van der Waals surface area contributed by atoms with Gasteiger partial charge in [0.25, 0.3) is 5.91 Å². The van der Waals surface area contributed by atoms with E-state index in [2.05, 4.69) is 5.32 Å². The first-order valence-electron chi connectivity index (χ1n) is 16.8.